The van der Waals surface area contributed by atoms with Crippen molar-refractivity contribution in [2.45, 2.75) is 39.2 Å². The van der Waals surface area contributed by atoms with Crippen molar-refractivity contribution in [3.63, 3.8) is 0 Å². The van der Waals surface area contributed by atoms with E-state index in [1.165, 1.54) is 32.7 Å². The smallest absolute Gasteiger partial charge is 0.275 e. The second-order valence-electron chi connectivity index (χ2n) is 12.0. The predicted octanol–water partition coefficient (Wildman–Crippen LogP) is 3.85. The molecule has 6 nitrogen and oxygen atoms in total. The van der Waals surface area contributed by atoms with Gasteiger partial charge in [-0.2, -0.15) is 0 Å². The number of hydrogen-bond acceptors (Lipinski definition) is 3. The highest BCUT2D eigenvalue weighted by atomic mass is 79.9. The third kappa shape index (κ3) is 6.79. The van der Waals surface area contributed by atoms with Gasteiger partial charge in [0.1, 0.15) is 5.82 Å². The molecule has 0 spiro atoms. The van der Waals surface area contributed by atoms with Gasteiger partial charge >= 0.3 is 0 Å². The van der Waals surface area contributed by atoms with Gasteiger partial charge in [0.05, 0.1) is 31.7 Å². The molecule has 0 saturated heterocycles. The highest BCUT2D eigenvalue weighted by Crippen LogP contribution is 2.37. The Bertz CT molecular complexity index is 1660. The monoisotopic (exact) mass is 629 g/mol. The lowest BCUT2D eigenvalue weighted by atomic mass is 10.00. The third-order valence-electron chi connectivity index (χ3n) is 8.05. The molecule has 0 aliphatic carbocycles. The Balaban J connectivity index is 0.00000405. The maximum absolute atomic E-state index is 12.3. The van der Waals surface area contributed by atoms with Gasteiger partial charge in [0.2, 0.25) is 0 Å². The maximum Gasteiger partial charge on any atom is 0.275 e. The van der Waals surface area contributed by atoms with E-state index in [9.17, 15) is 4.79 Å². The number of quaternary nitrogens is 1. The van der Waals surface area contributed by atoms with Gasteiger partial charge in [0, 0.05) is 49.2 Å². The van der Waals surface area contributed by atoms with Crippen LogP contribution in [0.3, 0.4) is 0 Å². The van der Waals surface area contributed by atoms with Crippen LogP contribution in [-0.4, -0.2) is 67.8 Å². The number of anilines is 1. The molecule has 1 N–H and O–H groups in total. The van der Waals surface area contributed by atoms with Crippen molar-refractivity contribution in [2.24, 2.45) is 0 Å². The summed E-state index contributed by atoms with van der Waals surface area (Å²) in [7, 11) is 8.45. The first kappa shape index (κ1) is 31.5. The molecule has 0 aliphatic rings. The number of aryl methyl sites for hydroxylation is 1. The largest absolute Gasteiger partial charge is 1.00 e. The number of imidazole rings is 1. The van der Waals surface area contributed by atoms with Crippen molar-refractivity contribution in [1.29, 1.82) is 0 Å². The molecular formula is C35H44BrN5O. The lowest BCUT2D eigenvalue weighted by molar-refractivity contribution is -0.882. The molecule has 1 amide bonds. The van der Waals surface area contributed by atoms with Crippen LogP contribution in [0.4, 0.5) is 5.69 Å². The Hall–Kier alpha value is -3.42. The van der Waals surface area contributed by atoms with Crippen LogP contribution >= 0.6 is 0 Å². The fourth-order valence-electron chi connectivity index (χ4n) is 5.88. The number of hydrogen-bond donors (Lipinski definition) is 1. The molecule has 5 rings (SSSR count). The molecule has 0 saturated carbocycles. The van der Waals surface area contributed by atoms with Crippen molar-refractivity contribution in [1.82, 2.24) is 14.9 Å². The average Bonchev–Trinajstić information content (AvgIpc) is 3.35. The zero-order valence-corrected chi connectivity index (χ0v) is 27.2. The molecule has 0 bridgehead atoms. The maximum atomic E-state index is 12.3. The van der Waals surface area contributed by atoms with E-state index in [2.05, 4.69) is 123 Å². The Labute approximate surface area is 260 Å². The first-order valence-corrected chi connectivity index (χ1v) is 14.9. The number of rotatable bonds is 12. The van der Waals surface area contributed by atoms with E-state index in [-0.39, 0.29) is 22.9 Å². The molecule has 0 unspecified atom stereocenters. The third-order valence-corrected chi connectivity index (χ3v) is 8.05. The van der Waals surface area contributed by atoms with Gasteiger partial charge < -0.3 is 36.2 Å². The van der Waals surface area contributed by atoms with E-state index in [0.29, 0.717) is 11.0 Å². The number of fused-ring (bicyclic) bond motifs is 6. The number of aromatic nitrogens is 2. The van der Waals surface area contributed by atoms with Crippen LogP contribution in [0.25, 0.3) is 44.0 Å². The molecule has 1 heterocycles. The van der Waals surface area contributed by atoms with Crippen LogP contribution in [0.15, 0.2) is 72.8 Å². The van der Waals surface area contributed by atoms with Gasteiger partial charge in [0.15, 0.2) is 6.54 Å². The summed E-state index contributed by atoms with van der Waals surface area (Å²) in [5, 5.41) is 7.99. The van der Waals surface area contributed by atoms with Crippen LogP contribution in [0.1, 0.15) is 32.6 Å². The van der Waals surface area contributed by atoms with Crippen molar-refractivity contribution in [2.75, 3.05) is 52.7 Å². The number of likely N-dealkylation sites (N-methyl/N-ethyl adjacent to an activating group) is 1. The number of unbranched alkanes of at least 4 members (excludes halogenated alkanes) is 2. The first-order valence-electron chi connectivity index (χ1n) is 14.9. The minimum atomic E-state index is 0. The topological polar surface area (TPSA) is 50.2 Å². The SMILES string of the molecule is CCCNC(=O)C[N+](C)(C)CCCCCn1c(-c2ccc(N(C)C)cc2)nc2c3ccccc3c3ccccc3c21.[Br-]. The minimum Gasteiger partial charge on any atom is -1.00 e. The lowest BCUT2D eigenvalue weighted by Crippen LogP contribution is -3.00. The second-order valence-corrected chi connectivity index (χ2v) is 12.0. The number of amides is 1. The minimum absolute atomic E-state index is 0. The standard InChI is InChI=1S/C35H43N5O.BrH/c1-6-22-36-32(41)25-40(4,5)24-13-7-12-23-39-34-31-17-11-9-15-29(31)28-14-8-10-16-30(28)33(34)37-35(39)26-18-20-27(21-19-26)38(2)3;/h8-11,14-21H,6-7,12-13,22-25H2,1-5H3;1H. The molecular weight excluding hydrogens is 586 g/mol. The van der Waals surface area contributed by atoms with Crippen molar-refractivity contribution in [3.05, 3.63) is 72.8 Å². The Morgan fingerprint density at radius 3 is 2.12 bits per heavy atom. The molecule has 42 heavy (non-hydrogen) atoms. The molecule has 0 aliphatic heterocycles. The number of nitrogens with zero attached hydrogens (tertiary/aromatic N) is 4. The van der Waals surface area contributed by atoms with E-state index >= 15 is 0 Å². The molecule has 5 aromatic rings. The summed E-state index contributed by atoms with van der Waals surface area (Å²) in [6, 6.07) is 26.1. The summed E-state index contributed by atoms with van der Waals surface area (Å²) in [5.41, 5.74) is 4.60. The highest BCUT2D eigenvalue weighted by molar-refractivity contribution is 6.23. The summed E-state index contributed by atoms with van der Waals surface area (Å²) in [5.74, 6) is 1.17. The number of carbonyl (C=O) groups is 1. The van der Waals surface area contributed by atoms with Crippen LogP contribution in [0.5, 0.6) is 0 Å². The van der Waals surface area contributed by atoms with Crippen LogP contribution < -0.4 is 27.2 Å². The quantitative estimate of drug-likeness (QED) is 0.130. The average molecular weight is 631 g/mol. The summed E-state index contributed by atoms with van der Waals surface area (Å²) in [6.45, 7) is 5.24. The molecule has 0 fully saturated rings. The van der Waals surface area contributed by atoms with E-state index in [0.717, 1.165) is 62.2 Å². The van der Waals surface area contributed by atoms with E-state index < -0.39 is 0 Å². The molecule has 1 aromatic heterocycles. The molecule has 222 valence electrons. The number of halogens is 1. The molecule has 7 heteroatoms. The van der Waals surface area contributed by atoms with E-state index in [1.807, 2.05) is 0 Å². The van der Waals surface area contributed by atoms with Gasteiger partial charge in [-0.05, 0) is 60.7 Å². The van der Waals surface area contributed by atoms with Crippen molar-refractivity contribution in [3.8, 4) is 11.4 Å². The summed E-state index contributed by atoms with van der Waals surface area (Å²) in [6.07, 6.45) is 4.20. The van der Waals surface area contributed by atoms with Gasteiger partial charge in [-0.3, -0.25) is 4.79 Å². The van der Waals surface area contributed by atoms with E-state index in [1.54, 1.807) is 0 Å². The lowest BCUT2D eigenvalue weighted by Gasteiger charge is -2.29. The fourth-order valence-corrected chi connectivity index (χ4v) is 5.88. The Morgan fingerprint density at radius 2 is 1.48 bits per heavy atom. The fraction of sp³-hybridized carbons (Fsp3) is 0.371. The van der Waals surface area contributed by atoms with Gasteiger partial charge in [-0.15, -0.1) is 0 Å². The second kappa shape index (κ2) is 13.7. The predicted molar refractivity (Wildman–Crippen MR) is 174 cm³/mol. The van der Waals surface area contributed by atoms with Gasteiger partial charge in [0.25, 0.3) is 5.91 Å². The van der Waals surface area contributed by atoms with Crippen LogP contribution in [-0.2, 0) is 11.3 Å². The van der Waals surface area contributed by atoms with Gasteiger partial charge in [-0.1, -0.05) is 55.5 Å². The first-order chi connectivity index (χ1) is 19.8. The van der Waals surface area contributed by atoms with E-state index in [4.69, 9.17) is 4.98 Å². The molecule has 0 atom stereocenters. The zero-order valence-electron chi connectivity index (χ0n) is 25.7. The summed E-state index contributed by atoms with van der Waals surface area (Å²) >= 11 is 0. The van der Waals surface area contributed by atoms with Crippen molar-refractivity contribution < 1.29 is 26.3 Å². The normalized spacial score (nSPS) is 11.6. The summed E-state index contributed by atoms with van der Waals surface area (Å²) in [4.78, 5) is 19.7. The molecule has 4 aromatic carbocycles. The number of nitrogens with one attached hydrogen (secondary N) is 1. The van der Waals surface area contributed by atoms with Crippen LogP contribution in [0, 0.1) is 0 Å². The van der Waals surface area contributed by atoms with Crippen molar-refractivity contribution >= 4 is 44.2 Å². The Morgan fingerprint density at radius 1 is 0.857 bits per heavy atom. The Kier molecular flexibility index (Phi) is 10.3. The van der Waals surface area contributed by atoms with Gasteiger partial charge in [-0.25, -0.2) is 4.98 Å². The highest BCUT2D eigenvalue weighted by Gasteiger charge is 2.21. The summed E-state index contributed by atoms with van der Waals surface area (Å²) < 4.78 is 3.16. The number of benzene rings is 4. The number of carbonyl (C=O) groups excluding carboxylic acids is 1. The molecule has 0 radical (unpaired) electrons. The zero-order chi connectivity index (χ0) is 29.0. The van der Waals surface area contributed by atoms with Crippen LogP contribution in [0.2, 0.25) is 0 Å².